The maximum absolute atomic E-state index is 13.6. The van der Waals surface area contributed by atoms with Crippen LogP contribution in [0.15, 0.2) is 42.5 Å². The summed E-state index contributed by atoms with van der Waals surface area (Å²) in [4.78, 5) is 29.4. The molecule has 2 aliphatic rings. The number of benzene rings is 2. The molecular formula is C28H36N4O4. The van der Waals surface area contributed by atoms with Crippen LogP contribution in [0.25, 0.3) is 0 Å². The molecule has 2 aromatic carbocycles. The number of amides is 1. The maximum atomic E-state index is 13.6. The first-order valence-corrected chi connectivity index (χ1v) is 12.8. The number of nitrogens with zero attached hydrogens (tertiary/aromatic N) is 2. The van der Waals surface area contributed by atoms with Gasteiger partial charge in [0.15, 0.2) is 0 Å². The molecule has 192 valence electrons. The van der Waals surface area contributed by atoms with Crippen LogP contribution >= 0.6 is 0 Å². The van der Waals surface area contributed by atoms with Crippen molar-refractivity contribution >= 4 is 23.4 Å². The average Bonchev–Trinajstić information content (AvgIpc) is 2.86. The van der Waals surface area contributed by atoms with Crippen molar-refractivity contribution in [1.82, 2.24) is 4.90 Å². The molecule has 2 aromatic rings. The molecule has 0 radical (unpaired) electrons. The number of carbonyl (C=O) groups is 2. The Morgan fingerprint density at radius 2 is 1.78 bits per heavy atom. The fourth-order valence-electron chi connectivity index (χ4n) is 5.37. The van der Waals surface area contributed by atoms with E-state index in [0.717, 1.165) is 25.8 Å². The van der Waals surface area contributed by atoms with Crippen molar-refractivity contribution < 1.29 is 19.4 Å². The van der Waals surface area contributed by atoms with Gasteiger partial charge < -0.3 is 20.5 Å². The molecule has 8 heteroatoms. The maximum Gasteiger partial charge on any atom is 0.335 e. The summed E-state index contributed by atoms with van der Waals surface area (Å²) in [5.41, 5.74) is 7.37. The van der Waals surface area contributed by atoms with Crippen molar-refractivity contribution in [3.63, 3.8) is 0 Å². The van der Waals surface area contributed by atoms with Crippen LogP contribution in [0.2, 0.25) is 0 Å². The van der Waals surface area contributed by atoms with Crippen molar-refractivity contribution in [3.05, 3.63) is 59.2 Å². The van der Waals surface area contributed by atoms with Crippen LogP contribution in [0.3, 0.4) is 0 Å². The highest BCUT2D eigenvalue weighted by Gasteiger charge is 2.36. The molecule has 1 saturated heterocycles. The van der Waals surface area contributed by atoms with Gasteiger partial charge in [0, 0.05) is 29.8 Å². The summed E-state index contributed by atoms with van der Waals surface area (Å²) in [5.74, 6) is -0.912. The summed E-state index contributed by atoms with van der Waals surface area (Å²) in [6, 6.07) is 12.8. The third-order valence-electron chi connectivity index (χ3n) is 7.41. The van der Waals surface area contributed by atoms with E-state index in [2.05, 4.69) is 18.7 Å². The minimum Gasteiger partial charge on any atom is -0.478 e. The van der Waals surface area contributed by atoms with E-state index < -0.39 is 12.1 Å². The average molecular weight is 493 g/mol. The zero-order chi connectivity index (χ0) is 25.8. The Balaban J connectivity index is 1.49. The number of carbonyl (C=O) groups excluding carboxylic acids is 1. The van der Waals surface area contributed by atoms with Crippen molar-refractivity contribution in [2.24, 2.45) is 5.73 Å². The van der Waals surface area contributed by atoms with Crippen LogP contribution in [0, 0.1) is 5.41 Å². The van der Waals surface area contributed by atoms with Gasteiger partial charge in [-0.2, -0.15) is 0 Å². The number of carboxylic acids is 1. The molecule has 0 aliphatic carbocycles. The monoisotopic (exact) mass is 492 g/mol. The molecular weight excluding hydrogens is 456 g/mol. The molecule has 4 N–H and O–H groups in total. The number of ether oxygens (including phenoxy) is 1. The largest absolute Gasteiger partial charge is 0.478 e. The Kier molecular flexibility index (Phi) is 7.94. The molecule has 2 aliphatic heterocycles. The normalized spacial score (nSPS) is 22.1. The van der Waals surface area contributed by atoms with Gasteiger partial charge in [-0.05, 0) is 70.3 Å². The van der Waals surface area contributed by atoms with Crippen molar-refractivity contribution in [2.45, 2.75) is 70.6 Å². The molecule has 1 fully saturated rings. The van der Waals surface area contributed by atoms with Gasteiger partial charge in [0.25, 0.3) is 5.91 Å². The fourth-order valence-corrected chi connectivity index (χ4v) is 5.37. The molecule has 0 spiro atoms. The number of amidine groups is 1. The summed E-state index contributed by atoms with van der Waals surface area (Å²) in [7, 11) is 0. The second kappa shape index (κ2) is 11.1. The lowest BCUT2D eigenvalue weighted by molar-refractivity contribution is -0.126. The number of unbranched alkanes of at least 4 members (excludes halogenated alkanes) is 2. The standard InChI is InChI=1S/C28H36N4O4/c1-18-8-6-9-19(2)31(18)14-4-3-5-15-32-23-17-22(28(34)35)12-13-24(23)36-25(27(32)33)20-10-7-11-21(16-20)26(29)30/h7,10-13,16-19,25H,3-6,8-9,14-15H2,1-2H3,(H3,29,30)(H,34,35)/t18-,19+,25?. The third-order valence-corrected chi connectivity index (χ3v) is 7.41. The van der Waals surface area contributed by atoms with Crippen LogP contribution in [-0.4, -0.2) is 52.9 Å². The first-order chi connectivity index (χ1) is 17.3. The predicted octanol–water partition coefficient (Wildman–Crippen LogP) is 4.57. The summed E-state index contributed by atoms with van der Waals surface area (Å²) < 4.78 is 6.06. The topological polar surface area (TPSA) is 120 Å². The predicted molar refractivity (Wildman–Crippen MR) is 140 cm³/mol. The number of nitrogens with one attached hydrogen (secondary N) is 1. The van der Waals surface area contributed by atoms with Gasteiger partial charge in [-0.1, -0.05) is 31.0 Å². The number of aromatic carboxylic acids is 1. The zero-order valence-electron chi connectivity index (χ0n) is 21.1. The van der Waals surface area contributed by atoms with Gasteiger partial charge in [0.05, 0.1) is 11.3 Å². The molecule has 36 heavy (non-hydrogen) atoms. The Labute approximate surface area is 212 Å². The van der Waals surface area contributed by atoms with E-state index in [0.29, 0.717) is 41.2 Å². The van der Waals surface area contributed by atoms with Crippen LogP contribution in [0.1, 0.15) is 80.0 Å². The number of nitrogens with two attached hydrogens (primary N) is 1. The summed E-state index contributed by atoms with van der Waals surface area (Å²) in [5, 5.41) is 17.2. The number of hydrogen-bond acceptors (Lipinski definition) is 5. The lowest BCUT2D eigenvalue weighted by Gasteiger charge is -2.39. The van der Waals surface area contributed by atoms with Gasteiger partial charge in [-0.25, -0.2) is 4.79 Å². The first-order valence-electron chi connectivity index (χ1n) is 12.8. The Morgan fingerprint density at radius 1 is 1.06 bits per heavy atom. The smallest absolute Gasteiger partial charge is 0.335 e. The Hall–Kier alpha value is -3.39. The molecule has 8 nitrogen and oxygen atoms in total. The quantitative estimate of drug-likeness (QED) is 0.268. The molecule has 3 atom stereocenters. The fraction of sp³-hybridized carbons (Fsp3) is 0.464. The van der Waals surface area contributed by atoms with Gasteiger partial charge in [0.2, 0.25) is 6.10 Å². The zero-order valence-corrected chi connectivity index (χ0v) is 21.1. The molecule has 0 aromatic heterocycles. The molecule has 1 amide bonds. The second-order valence-corrected chi connectivity index (χ2v) is 9.94. The number of hydrogen-bond donors (Lipinski definition) is 3. The van der Waals surface area contributed by atoms with E-state index >= 15 is 0 Å². The van der Waals surface area contributed by atoms with Crippen molar-refractivity contribution in [1.29, 1.82) is 5.41 Å². The number of rotatable bonds is 9. The van der Waals surface area contributed by atoms with Crippen LogP contribution in [0.4, 0.5) is 5.69 Å². The SMILES string of the molecule is C[C@@H]1CCC[C@H](C)N1CCCCCN1C(=O)C(c2cccc(C(=N)N)c2)Oc2ccc(C(=O)O)cc21. The molecule has 0 saturated carbocycles. The van der Waals surface area contributed by atoms with Gasteiger partial charge in [0.1, 0.15) is 11.6 Å². The minimum absolute atomic E-state index is 0.0826. The van der Waals surface area contributed by atoms with E-state index in [4.69, 9.17) is 15.9 Å². The highest BCUT2D eigenvalue weighted by atomic mass is 16.5. The Bertz CT molecular complexity index is 1120. The third kappa shape index (κ3) is 5.54. The molecule has 0 bridgehead atoms. The lowest BCUT2D eigenvalue weighted by Crippen LogP contribution is -2.44. The van der Waals surface area contributed by atoms with Gasteiger partial charge in [-0.15, -0.1) is 0 Å². The highest BCUT2D eigenvalue weighted by molar-refractivity contribution is 6.02. The number of anilines is 1. The molecule has 2 heterocycles. The second-order valence-electron chi connectivity index (χ2n) is 9.94. The highest BCUT2D eigenvalue weighted by Crippen LogP contribution is 2.40. The minimum atomic E-state index is -1.05. The van der Waals surface area contributed by atoms with Crippen molar-refractivity contribution in [3.8, 4) is 5.75 Å². The van der Waals surface area contributed by atoms with E-state index in [9.17, 15) is 14.7 Å². The van der Waals surface area contributed by atoms with E-state index in [1.807, 2.05) is 0 Å². The summed E-state index contributed by atoms with van der Waals surface area (Å²) in [6.07, 6.45) is 5.75. The molecule has 4 rings (SSSR count). The van der Waals surface area contributed by atoms with Crippen LogP contribution in [-0.2, 0) is 4.79 Å². The van der Waals surface area contributed by atoms with Crippen LogP contribution in [0.5, 0.6) is 5.75 Å². The molecule has 1 unspecified atom stereocenters. The number of nitrogen functional groups attached to an aromatic ring is 1. The summed E-state index contributed by atoms with van der Waals surface area (Å²) >= 11 is 0. The van der Waals surface area contributed by atoms with Gasteiger partial charge in [-0.3, -0.25) is 15.1 Å². The Morgan fingerprint density at radius 3 is 2.47 bits per heavy atom. The van der Waals surface area contributed by atoms with Crippen molar-refractivity contribution in [2.75, 3.05) is 18.0 Å². The lowest BCUT2D eigenvalue weighted by atomic mass is 9.97. The summed E-state index contributed by atoms with van der Waals surface area (Å²) in [6.45, 7) is 6.15. The number of fused-ring (bicyclic) bond motifs is 1. The number of carboxylic acid groups (broad SMARTS) is 1. The van der Waals surface area contributed by atoms with E-state index in [1.165, 1.54) is 31.4 Å². The first kappa shape index (κ1) is 25.7. The van der Waals surface area contributed by atoms with Gasteiger partial charge >= 0.3 is 5.97 Å². The van der Waals surface area contributed by atoms with Crippen LogP contribution < -0.4 is 15.4 Å². The van der Waals surface area contributed by atoms with E-state index in [-0.39, 0.29) is 17.3 Å². The van der Waals surface area contributed by atoms with E-state index in [1.54, 1.807) is 35.2 Å². The number of likely N-dealkylation sites (tertiary alicyclic amines) is 1. The number of piperidine rings is 1.